The first-order valence-electron chi connectivity index (χ1n) is 5.68. The topological polar surface area (TPSA) is 55.6 Å². The Morgan fingerprint density at radius 2 is 2.39 bits per heavy atom. The number of nitrogens with zero attached hydrogens (tertiary/aromatic N) is 1. The van der Waals surface area contributed by atoms with Crippen LogP contribution in [0.2, 0.25) is 5.02 Å². The lowest BCUT2D eigenvalue weighted by atomic mass is 10.1. The number of rotatable bonds is 2. The summed E-state index contributed by atoms with van der Waals surface area (Å²) in [5.41, 5.74) is 6.18. The molecule has 0 spiro atoms. The van der Waals surface area contributed by atoms with Gasteiger partial charge in [-0.05, 0) is 34.1 Å². The number of amides is 1. The Labute approximate surface area is 119 Å². The molecule has 1 saturated heterocycles. The van der Waals surface area contributed by atoms with Crippen molar-refractivity contribution in [3.05, 3.63) is 33.3 Å². The summed E-state index contributed by atoms with van der Waals surface area (Å²) in [4.78, 5) is 14.1. The normalized spacial score (nSPS) is 19.9. The third-order valence-electron chi connectivity index (χ3n) is 2.86. The Morgan fingerprint density at radius 3 is 3.06 bits per heavy atom. The van der Waals surface area contributed by atoms with E-state index in [1.807, 2.05) is 0 Å². The van der Waals surface area contributed by atoms with Gasteiger partial charge in [-0.3, -0.25) is 4.79 Å². The van der Waals surface area contributed by atoms with Crippen molar-refractivity contribution in [2.24, 2.45) is 5.73 Å². The van der Waals surface area contributed by atoms with Crippen molar-refractivity contribution < 1.29 is 9.53 Å². The van der Waals surface area contributed by atoms with Gasteiger partial charge in [0.05, 0.1) is 17.7 Å². The molecule has 98 valence electrons. The van der Waals surface area contributed by atoms with Crippen LogP contribution < -0.4 is 5.73 Å². The maximum absolute atomic E-state index is 12.3. The number of hydrogen-bond acceptors (Lipinski definition) is 3. The first kappa shape index (κ1) is 13.8. The van der Waals surface area contributed by atoms with Crippen LogP contribution in [0.1, 0.15) is 10.4 Å². The van der Waals surface area contributed by atoms with E-state index in [9.17, 15) is 4.79 Å². The highest BCUT2D eigenvalue weighted by atomic mass is 79.9. The second kappa shape index (κ2) is 6.02. The summed E-state index contributed by atoms with van der Waals surface area (Å²) in [6, 6.07) is 5.17. The predicted octanol–water partition coefficient (Wildman–Crippen LogP) is 1.90. The van der Waals surface area contributed by atoms with E-state index < -0.39 is 0 Å². The van der Waals surface area contributed by atoms with Gasteiger partial charge in [0.2, 0.25) is 0 Å². The summed E-state index contributed by atoms with van der Waals surface area (Å²) in [5.74, 6) is -0.0193. The second-order valence-electron chi connectivity index (χ2n) is 4.11. The third-order valence-corrected chi connectivity index (χ3v) is 4.07. The van der Waals surface area contributed by atoms with Crippen LogP contribution >= 0.6 is 27.5 Å². The van der Waals surface area contributed by atoms with E-state index in [0.717, 1.165) is 4.47 Å². The van der Waals surface area contributed by atoms with Crippen LogP contribution in [-0.2, 0) is 4.74 Å². The molecule has 2 rings (SSSR count). The standard InChI is InChI=1S/C12H14BrClN2O2/c13-10-5-8(1-2-11(10)14)12(17)16-3-4-18-9(6-15)7-16/h1-2,5,9H,3-4,6-7,15H2. The molecular formula is C12H14BrClN2O2. The lowest BCUT2D eigenvalue weighted by molar-refractivity contribution is -0.0167. The van der Waals surface area contributed by atoms with Gasteiger partial charge in [0, 0.05) is 29.7 Å². The van der Waals surface area contributed by atoms with Gasteiger partial charge in [0.1, 0.15) is 0 Å². The van der Waals surface area contributed by atoms with Gasteiger partial charge in [-0.2, -0.15) is 0 Å². The van der Waals surface area contributed by atoms with E-state index in [1.165, 1.54) is 0 Å². The molecule has 0 aliphatic carbocycles. The van der Waals surface area contributed by atoms with Crippen molar-refractivity contribution in [1.29, 1.82) is 0 Å². The van der Waals surface area contributed by atoms with Crippen LogP contribution in [0.4, 0.5) is 0 Å². The molecule has 1 aromatic carbocycles. The zero-order valence-electron chi connectivity index (χ0n) is 9.73. The largest absolute Gasteiger partial charge is 0.373 e. The predicted molar refractivity (Wildman–Crippen MR) is 73.8 cm³/mol. The smallest absolute Gasteiger partial charge is 0.254 e. The third kappa shape index (κ3) is 3.03. The summed E-state index contributed by atoms with van der Waals surface area (Å²) in [6.45, 7) is 2.08. The molecule has 1 fully saturated rings. The van der Waals surface area contributed by atoms with Gasteiger partial charge < -0.3 is 15.4 Å². The summed E-state index contributed by atoms with van der Waals surface area (Å²) in [7, 11) is 0. The van der Waals surface area contributed by atoms with Crippen molar-refractivity contribution in [2.75, 3.05) is 26.2 Å². The lowest BCUT2D eigenvalue weighted by Crippen LogP contribution is -2.48. The Kier molecular flexibility index (Phi) is 4.61. The minimum Gasteiger partial charge on any atom is -0.373 e. The zero-order chi connectivity index (χ0) is 13.1. The van der Waals surface area contributed by atoms with Gasteiger partial charge in [-0.15, -0.1) is 0 Å². The Balaban J connectivity index is 2.12. The Morgan fingerprint density at radius 1 is 1.61 bits per heavy atom. The van der Waals surface area contributed by atoms with Crippen molar-refractivity contribution in [3.63, 3.8) is 0 Å². The molecule has 1 unspecified atom stereocenters. The van der Waals surface area contributed by atoms with E-state index in [0.29, 0.717) is 36.8 Å². The summed E-state index contributed by atoms with van der Waals surface area (Å²) >= 11 is 9.22. The minimum atomic E-state index is -0.0709. The maximum atomic E-state index is 12.3. The van der Waals surface area contributed by atoms with Gasteiger partial charge in [0.15, 0.2) is 0 Å². The van der Waals surface area contributed by atoms with Crippen molar-refractivity contribution in [1.82, 2.24) is 4.90 Å². The van der Waals surface area contributed by atoms with E-state index in [2.05, 4.69) is 15.9 Å². The van der Waals surface area contributed by atoms with E-state index in [-0.39, 0.29) is 12.0 Å². The second-order valence-corrected chi connectivity index (χ2v) is 5.37. The van der Waals surface area contributed by atoms with Crippen LogP contribution in [0.15, 0.2) is 22.7 Å². The summed E-state index contributed by atoms with van der Waals surface area (Å²) in [5, 5.41) is 0.591. The number of halogens is 2. The van der Waals surface area contributed by atoms with Crippen molar-refractivity contribution in [3.8, 4) is 0 Å². The van der Waals surface area contributed by atoms with Crippen LogP contribution in [0, 0.1) is 0 Å². The quantitative estimate of drug-likeness (QED) is 0.899. The van der Waals surface area contributed by atoms with Crippen LogP contribution in [-0.4, -0.2) is 43.2 Å². The van der Waals surface area contributed by atoms with Crippen molar-refractivity contribution in [2.45, 2.75) is 6.10 Å². The van der Waals surface area contributed by atoms with E-state index in [4.69, 9.17) is 22.1 Å². The van der Waals surface area contributed by atoms with Gasteiger partial charge >= 0.3 is 0 Å². The molecule has 4 nitrogen and oxygen atoms in total. The fourth-order valence-corrected chi connectivity index (χ4v) is 2.35. The molecule has 6 heteroatoms. The Hall–Kier alpha value is -0.620. The number of nitrogens with two attached hydrogens (primary N) is 1. The van der Waals surface area contributed by atoms with Gasteiger partial charge in [0.25, 0.3) is 5.91 Å². The van der Waals surface area contributed by atoms with Gasteiger partial charge in [-0.25, -0.2) is 0 Å². The van der Waals surface area contributed by atoms with E-state index in [1.54, 1.807) is 23.1 Å². The average Bonchev–Trinajstić information content (AvgIpc) is 2.41. The highest BCUT2D eigenvalue weighted by Crippen LogP contribution is 2.24. The SMILES string of the molecule is NCC1CN(C(=O)c2ccc(Cl)c(Br)c2)CCO1. The molecule has 0 saturated carbocycles. The molecule has 1 aromatic rings. The molecule has 18 heavy (non-hydrogen) atoms. The minimum absolute atomic E-state index is 0.0193. The van der Waals surface area contributed by atoms with Crippen LogP contribution in [0.3, 0.4) is 0 Å². The fourth-order valence-electron chi connectivity index (χ4n) is 1.86. The highest BCUT2D eigenvalue weighted by Gasteiger charge is 2.24. The molecule has 2 N–H and O–H groups in total. The van der Waals surface area contributed by atoms with Crippen molar-refractivity contribution >= 4 is 33.4 Å². The van der Waals surface area contributed by atoms with Gasteiger partial charge in [-0.1, -0.05) is 11.6 Å². The number of morpholine rings is 1. The monoisotopic (exact) mass is 332 g/mol. The lowest BCUT2D eigenvalue weighted by Gasteiger charge is -2.32. The number of hydrogen-bond donors (Lipinski definition) is 1. The number of carbonyl (C=O) groups is 1. The van der Waals surface area contributed by atoms with Crippen LogP contribution in [0.25, 0.3) is 0 Å². The summed E-state index contributed by atoms with van der Waals surface area (Å²) < 4.78 is 6.16. The zero-order valence-corrected chi connectivity index (χ0v) is 12.1. The molecule has 1 atom stereocenters. The molecule has 1 aliphatic heterocycles. The van der Waals surface area contributed by atoms with E-state index >= 15 is 0 Å². The molecule has 1 heterocycles. The summed E-state index contributed by atoms with van der Waals surface area (Å²) in [6.07, 6.45) is -0.0709. The number of benzene rings is 1. The molecule has 1 amide bonds. The maximum Gasteiger partial charge on any atom is 0.254 e. The molecule has 0 bridgehead atoms. The van der Waals surface area contributed by atoms with Crippen LogP contribution in [0.5, 0.6) is 0 Å². The first-order valence-corrected chi connectivity index (χ1v) is 6.85. The highest BCUT2D eigenvalue weighted by molar-refractivity contribution is 9.10. The molecule has 0 aromatic heterocycles. The average molecular weight is 334 g/mol. The Bertz CT molecular complexity index is 456. The number of carbonyl (C=O) groups excluding carboxylic acids is 1. The first-order chi connectivity index (χ1) is 8.61. The molecular weight excluding hydrogens is 320 g/mol. The molecule has 0 radical (unpaired) electrons. The molecule has 1 aliphatic rings. The number of ether oxygens (including phenoxy) is 1. The fraction of sp³-hybridized carbons (Fsp3) is 0.417.